The molecule has 0 N–H and O–H groups in total. The largest absolute Gasteiger partial charge is 0.378 e. The molecule has 0 bridgehead atoms. The molecule has 16 heavy (non-hydrogen) atoms. The quantitative estimate of drug-likeness (QED) is 0.639. The summed E-state index contributed by atoms with van der Waals surface area (Å²) in [6, 6.07) is 0.506. The lowest BCUT2D eigenvalue weighted by Gasteiger charge is -2.45. The monoisotopic (exact) mass is 231 g/mol. The van der Waals surface area contributed by atoms with Gasteiger partial charge in [-0.3, -0.25) is 4.90 Å². The SMILES string of the molecule is CC.CC.CC1(C)CN2CCOCC2CO1. The van der Waals surface area contributed by atoms with Crippen LogP contribution in [-0.4, -0.2) is 49.5 Å². The van der Waals surface area contributed by atoms with Crippen molar-refractivity contribution in [2.24, 2.45) is 0 Å². The van der Waals surface area contributed by atoms with Gasteiger partial charge in [-0.1, -0.05) is 27.7 Å². The zero-order valence-corrected chi connectivity index (χ0v) is 11.9. The van der Waals surface area contributed by atoms with Crippen LogP contribution in [0.3, 0.4) is 0 Å². The maximum Gasteiger partial charge on any atom is 0.0753 e. The van der Waals surface area contributed by atoms with Crippen molar-refractivity contribution in [1.29, 1.82) is 0 Å². The van der Waals surface area contributed by atoms with E-state index in [1.54, 1.807) is 0 Å². The minimum absolute atomic E-state index is 0.0356. The molecular weight excluding hydrogens is 202 g/mol. The van der Waals surface area contributed by atoms with Crippen LogP contribution in [0.4, 0.5) is 0 Å². The predicted molar refractivity (Wildman–Crippen MR) is 68.9 cm³/mol. The maximum absolute atomic E-state index is 5.71. The summed E-state index contributed by atoms with van der Waals surface area (Å²) in [6.45, 7) is 17.0. The Kier molecular flexibility index (Phi) is 7.98. The summed E-state index contributed by atoms with van der Waals surface area (Å²) in [4.78, 5) is 2.48. The third-order valence-corrected chi connectivity index (χ3v) is 2.60. The number of rotatable bonds is 0. The number of fused-ring (bicyclic) bond motifs is 1. The predicted octanol–water partition coefficient (Wildman–Crippen LogP) is 2.55. The summed E-state index contributed by atoms with van der Waals surface area (Å²) < 4.78 is 11.1. The average molecular weight is 231 g/mol. The molecule has 3 nitrogen and oxygen atoms in total. The van der Waals surface area contributed by atoms with Crippen LogP contribution in [0.15, 0.2) is 0 Å². The first-order valence-corrected chi connectivity index (χ1v) is 6.63. The van der Waals surface area contributed by atoms with E-state index in [0.717, 1.165) is 32.9 Å². The Hall–Kier alpha value is -0.120. The molecule has 0 saturated carbocycles. The van der Waals surface area contributed by atoms with Gasteiger partial charge < -0.3 is 9.47 Å². The third-order valence-electron chi connectivity index (χ3n) is 2.60. The van der Waals surface area contributed by atoms with E-state index in [4.69, 9.17) is 9.47 Å². The Balaban J connectivity index is 0.000000509. The van der Waals surface area contributed by atoms with Crippen molar-refractivity contribution in [3.05, 3.63) is 0 Å². The van der Waals surface area contributed by atoms with Gasteiger partial charge in [-0.05, 0) is 13.8 Å². The summed E-state index contributed by atoms with van der Waals surface area (Å²) in [5.41, 5.74) is 0.0356. The summed E-state index contributed by atoms with van der Waals surface area (Å²) in [6.07, 6.45) is 0. The van der Waals surface area contributed by atoms with E-state index < -0.39 is 0 Å². The van der Waals surface area contributed by atoms with Gasteiger partial charge in [-0.15, -0.1) is 0 Å². The smallest absolute Gasteiger partial charge is 0.0753 e. The first kappa shape index (κ1) is 15.9. The fraction of sp³-hybridized carbons (Fsp3) is 1.00. The highest BCUT2D eigenvalue weighted by Crippen LogP contribution is 2.22. The highest BCUT2D eigenvalue weighted by atomic mass is 16.5. The van der Waals surface area contributed by atoms with Gasteiger partial charge in [0, 0.05) is 13.1 Å². The fourth-order valence-electron chi connectivity index (χ4n) is 1.91. The summed E-state index contributed by atoms with van der Waals surface area (Å²) >= 11 is 0. The molecule has 0 aromatic carbocycles. The van der Waals surface area contributed by atoms with Crippen molar-refractivity contribution in [2.75, 3.05) is 32.9 Å². The molecule has 2 rings (SSSR count). The molecule has 2 heterocycles. The Morgan fingerprint density at radius 3 is 2.31 bits per heavy atom. The van der Waals surface area contributed by atoms with Crippen molar-refractivity contribution in [3.8, 4) is 0 Å². The van der Waals surface area contributed by atoms with Crippen LogP contribution in [0, 0.1) is 0 Å². The van der Waals surface area contributed by atoms with Gasteiger partial charge in [0.15, 0.2) is 0 Å². The Morgan fingerprint density at radius 2 is 1.69 bits per heavy atom. The lowest BCUT2D eigenvalue weighted by atomic mass is 10.0. The number of morpholine rings is 2. The molecule has 0 aromatic heterocycles. The van der Waals surface area contributed by atoms with E-state index in [1.165, 1.54) is 0 Å². The van der Waals surface area contributed by atoms with Crippen LogP contribution >= 0.6 is 0 Å². The minimum atomic E-state index is 0.0356. The van der Waals surface area contributed by atoms with Crippen molar-refractivity contribution >= 4 is 0 Å². The molecule has 98 valence electrons. The standard InChI is InChI=1S/C9H17NO2.2C2H6/c1-9(2)7-10-3-4-11-5-8(10)6-12-9;2*1-2/h8H,3-7H2,1-2H3;2*1-2H3. The van der Waals surface area contributed by atoms with Gasteiger partial charge in [0.2, 0.25) is 0 Å². The van der Waals surface area contributed by atoms with Gasteiger partial charge in [0.1, 0.15) is 0 Å². The Bertz CT molecular complexity index is 171. The highest BCUT2D eigenvalue weighted by Gasteiger charge is 2.35. The summed E-state index contributed by atoms with van der Waals surface area (Å²) in [5, 5.41) is 0. The normalized spacial score (nSPS) is 27.8. The molecule has 2 aliphatic heterocycles. The van der Waals surface area contributed by atoms with Crippen LogP contribution in [-0.2, 0) is 9.47 Å². The number of hydrogen-bond acceptors (Lipinski definition) is 3. The molecule has 1 unspecified atom stereocenters. The molecule has 0 aliphatic carbocycles. The van der Waals surface area contributed by atoms with Crippen LogP contribution < -0.4 is 0 Å². The van der Waals surface area contributed by atoms with E-state index in [9.17, 15) is 0 Å². The van der Waals surface area contributed by atoms with Crippen LogP contribution in [0.2, 0.25) is 0 Å². The summed E-state index contributed by atoms with van der Waals surface area (Å²) in [5.74, 6) is 0. The van der Waals surface area contributed by atoms with Gasteiger partial charge in [0.25, 0.3) is 0 Å². The Labute approximate surface area is 101 Å². The van der Waals surface area contributed by atoms with E-state index >= 15 is 0 Å². The summed E-state index contributed by atoms with van der Waals surface area (Å²) in [7, 11) is 0. The molecule has 1 atom stereocenters. The van der Waals surface area contributed by atoms with Gasteiger partial charge >= 0.3 is 0 Å². The third kappa shape index (κ3) is 4.81. The average Bonchev–Trinajstić information content (AvgIpc) is 2.33. The Morgan fingerprint density at radius 1 is 1.06 bits per heavy atom. The van der Waals surface area contributed by atoms with Crippen molar-refractivity contribution < 1.29 is 9.47 Å². The van der Waals surface area contributed by atoms with Gasteiger partial charge in [-0.25, -0.2) is 0 Å². The van der Waals surface area contributed by atoms with Crippen LogP contribution in [0.25, 0.3) is 0 Å². The first-order chi connectivity index (χ1) is 7.67. The second-order valence-electron chi connectivity index (χ2n) is 4.27. The maximum atomic E-state index is 5.71. The fourth-order valence-corrected chi connectivity index (χ4v) is 1.91. The van der Waals surface area contributed by atoms with Crippen molar-refractivity contribution in [1.82, 2.24) is 4.90 Å². The zero-order valence-electron chi connectivity index (χ0n) is 11.9. The molecular formula is C13H29NO2. The lowest BCUT2D eigenvalue weighted by Crippen LogP contribution is -2.58. The zero-order chi connectivity index (χ0) is 12.6. The first-order valence-electron chi connectivity index (χ1n) is 6.63. The molecule has 2 aliphatic rings. The van der Waals surface area contributed by atoms with E-state index in [0.29, 0.717) is 6.04 Å². The van der Waals surface area contributed by atoms with Crippen molar-refractivity contribution in [2.45, 2.75) is 53.2 Å². The van der Waals surface area contributed by atoms with Gasteiger partial charge in [-0.2, -0.15) is 0 Å². The molecule has 2 fully saturated rings. The second-order valence-corrected chi connectivity index (χ2v) is 4.27. The van der Waals surface area contributed by atoms with E-state index in [2.05, 4.69) is 18.7 Å². The van der Waals surface area contributed by atoms with E-state index in [1.807, 2.05) is 27.7 Å². The van der Waals surface area contributed by atoms with Crippen molar-refractivity contribution in [3.63, 3.8) is 0 Å². The molecule has 0 radical (unpaired) electrons. The van der Waals surface area contributed by atoms with Crippen LogP contribution in [0.5, 0.6) is 0 Å². The molecule has 2 saturated heterocycles. The molecule has 0 amide bonds. The number of hydrogen-bond donors (Lipinski definition) is 0. The van der Waals surface area contributed by atoms with Crippen LogP contribution in [0.1, 0.15) is 41.5 Å². The lowest BCUT2D eigenvalue weighted by molar-refractivity contribution is -0.150. The highest BCUT2D eigenvalue weighted by molar-refractivity contribution is 4.86. The number of ether oxygens (including phenoxy) is 2. The molecule has 0 aromatic rings. The molecule has 3 heteroatoms. The topological polar surface area (TPSA) is 21.7 Å². The second kappa shape index (κ2) is 8.04. The minimum Gasteiger partial charge on any atom is -0.378 e. The molecule has 0 spiro atoms. The number of nitrogens with zero attached hydrogens (tertiary/aromatic N) is 1. The van der Waals surface area contributed by atoms with Gasteiger partial charge in [0.05, 0.1) is 31.5 Å². The van der Waals surface area contributed by atoms with E-state index in [-0.39, 0.29) is 5.60 Å².